The molecule has 0 atom stereocenters. The highest BCUT2D eigenvalue weighted by Gasteiger charge is 2.22. The third kappa shape index (κ3) is 1.79. The fourth-order valence-electron chi connectivity index (χ4n) is 2.69. The summed E-state index contributed by atoms with van der Waals surface area (Å²) in [7, 11) is 1.61. The van der Waals surface area contributed by atoms with Crippen LogP contribution < -0.4 is 15.4 Å². The maximum atomic E-state index is 12.4. The molecule has 0 fully saturated rings. The van der Waals surface area contributed by atoms with Crippen molar-refractivity contribution in [2.45, 2.75) is 0 Å². The minimum Gasteiger partial charge on any atom is -0.494 e. The SMILES string of the molecule is COc1cccc2c3c(cnc12)C(=O)Nc1ccccc1N3. The van der Waals surface area contributed by atoms with Gasteiger partial charge in [-0.3, -0.25) is 9.78 Å². The Labute approximate surface area is 126 Å². The number of pyridine rings is 1. The van der Waals surface area contributed by atoms with Gasteiger partial charge in [-0.25, -0.2) is 0 Å². The molecule has 0 unspecified atom stereocenters. The van der Waals surface area contributed by atoms with E-state index in [0.29, 0.717) is 11.3 Å². The molecule has 5 nitrogen and oxygen atoms in total. The summed E-state index contributed by atoms with van der Waals surface area (Å²) in [4.78, 5) is 16.8. The van der Waals surface area contributed by atoms with Gasteiger partial charge in [0.15, 0.2) is 0 Å². The third-order valence-corrected chi connectivity index (χ3v) is 3.76. The third-order valence-electron chi connectivity index (χ3n) is 3.76. The first-order chi connectivity index (χ1) is 10.8. The zero-order valence-corrected chi connectivity index (χ0v) is 11.9. The molecule has 1 aromatic heterocycles. The zero-order valence-electron chi connectivity index (χ0n) is 11.9. The second kappa shape index (κ2) is 4.73. The second-order valence-electron chi connectivity index (χ2n) is 5.03. The van der Waals surface area contributed by atoms with Crippen LogP contribution in [0.5, 0.6) is 5.75 Å². The van der Waals surface area contributed by atoms with Crippen LogP contribution in [0, 0.1) is 0 Å². The normalized spacial score (nSPS) is 12.7. The van der Waals surface area contributed by atoms with Crippen LogP contribution in [0.3, 0.4) is 0 Å². The van der Waals surface area contributed by atoms with Gasteiger partial charge >= 0.3 is 0 Å². The van der Waals surface area contributed by atoms with Crippen LogP contribution in [-0.2, 0) is 0 Å². The first kappa shape index (κ1) is 12.6. The average molecular weight is 291 g/mol. The van der Waals surface area contributed by atoms with E-state index >= 15 is 0 Å². The molecule has 5 heteroatoms. The number of rotatable bonds is 1. The summed E-state index contributed by atoms with van der Waals surface area (Å²) in [6, 6.07) is 13.3. The summed E-state index contributed by atoms with van der Waals surface area (Å²) in [6.07, 6.45) is 1.58. The lowest BCUT2D eigenvalue weighted by Gasteiger charge is -2.12. The largest absolute Gasteiger partial charge is 0.494 e. The fourth-order valence-corrected chi connectivity index (χ4v) is 2.69. The van der Waals surface area contributed by atoms with E-state index in [1.54, 1.807) is 13.3 Å². The van der Waals surface area contributed by atoms with Gasteiger partial charge in [0.05, 0.1) is 29.7 Å². The Bertz CT molecular complexity index is 906. The Morgan fingerprint density at radius 2 is 1.77 bits per heavy atom. The summed E-state index contributed by atoms with van der Waals surface area (Å²) >= 11 is 0. The zero-order chi connectivity index (χ0) is 15.1. The molecule has 0 radical (unpaired) electrons. The van der Waals surface area contributed by atoms with E-state index in [1.807, 2.05) is 42.5 Å². The number of fused-ring (bicyclic) bond motifs is 4. The van der Waals surface area contributed by atoms with Crippen molar-refractivity contribution in [2.24, 2.45) is 0 Å². The molecule has 1 aliphatic rings. The standard InChI is InChI=1S/C17H13N3O2/c1-22-14-8-4-5-10-15-11(9-18-16(10)14)17(21)20-13-7-3-2-6-12(13)19-15/h2-9,19H,1H3,(H,20,21). The van der Waals surface area contributed by atoms with Crippen LogP contribution >= 0.6 is 0 Å². The number of anilines is 3. The molecule has 0 aliphatic carbocycles. The number of nitrogens with zero attached hydrogens (tertiary/aromatic N) is 1. The molecular formula is C17H13N3O2. The van der Waals surface area contributed by atoms with Gasteiger partial charge in [-0.05, 0) is 18.2 Å². The Kier molecular flexibility index (Phi) is 2.72. The predicted molar refractivity (Wildman–Crippen MR) is 86.0 cm³/mol. The van der Waals surface area contributed by atoms with Gasteiger partial charge in [0.1, 0.15) is 11.3 Å². The molecule has 3 aromatic rings. The molecule has 0 bridgehead atoms. The van der Waals surface area contributed by atoms with Crippen molar-refractivity contribution in [2.75, 3.05) is 17.7 Å². The molecule has 1 amide bonds. The maximum absolute atomic E-state index is 12.4. The number of hydrogen-bond acceptors (Lipinski definition) is 4. The smallest absolute Gasteiger partial charge is 0.259 e. The summed E-state index contributed by atoms with van der Waals surface area (Å²) in [5.41, 5.74) is 3.58. The molecule has 0 saturated carbocycles. The van der Waals surface area contributed by atoms with Crippen LogP contribution in [0.2, 0.25) is 0 Å². The lowest BCUT2D eigenvalue weighted by Crippen LogP contribution is -2.11. The first-order valence-electron chi connectivity index (χ1n) is 6.91. The topological polar surface area (TPSA) is 63.2 Å². The predicted octanol–water partition coefficient (Wildman–Crippen LogP) is 3.55. The Morgan fingerprint density at radius 1 is 1.00 bits per heavy atom. The van der Waals surface area contributed by atoms with Gasteiger partial charge in [0.25, 0.3) is 5.91 Å². The Morgan fingerprint density at radius 3 is 2.55 bits per heavy atom. The summed E-state index contributed by atoms with van der Waals surface area (Å²) in [5, 5.41) is 7.10. The number of carbonyl (C=O) groups is 1. The van der Waals surface area contributed by atoms with Gasteiger partial charge in [-0.1, -0.05) is 24.3 Å². The van der Waals surface area contributed by atoms with Crippen molar-refractivity contribution in [1.29, 1.82) is 0 Å². The van der Waals surface area contributed by atoms with E-state index in [4.69, 9.17) is 4.74 Å². The number of ether oxygens (including phenoxy) is 1. The van der Waals surface area contributed by atoms with E-state index < -0.39 is 0 Å². The number of nitrogens with one attached hydrogen (secondary N) is 2. The second-order valence-corrected chi connectivity index (χ2v) is 5.03. The molecule has 2 aromatic carbocycles. The minimum absolute atomic E-state index is 0.176. The number of carbonyl (C=O) groups excluding carboxylic acids is 1. The Balaban J connectivity index is 2.02. The van der Waals surface area contributed by atoms with Gasteiger partial charge < -0.3 is 15.4 Å². The first-order valence-corrected chi connectivity index (χ1v) is 6.91. The van der Waals surface area contributed by atoms with Crippen LogP contribution in [0.25, 0.3) is 10.9 Å². The molecule has 22 heavy (non-hydrogen) atoms. The minimum atomic E-state index is -0.176. The molecule has 0 spiro atoms. The van der Waals surface area contributed by atoms with E-state index in [1.165, 1.54) is 0 Å². The number of methoxy groups -OCH3 is 1. The Hall–Kier alpha value is -3.08. The number of para-hydroxylation sites is 3. The molecule has 0 saturated heterocycles. The van der Waals surface area contributed by atoms with E-state index in [9.17, 15) is 4.79 Å². The summed E-state index contributed by atoms with van der Waals surface area (Å²) < 4.78 is 5.36. The molecule has 2 N–H and O–H groups in total. The fraction of sp³-hybridized carbons (Fsp3) is 0.0588. The number of hydrogen-bond donors (Lipinski definition) is 2. The van der Waals surface area contributed by atoms with Crippen molar-refractivity contribution < 1.29 is 9.53 Å². The molecule has 2 heterocycles. The molecule has 4 rings (SSSR count). The van der Waals surface area contributed by atoms with Crippen LogP contribution in [0.15, 0.2) is 48.7 Å². The van der Waals surface area contributed by atoms with Crippen LogP contribution in [0.4, 0.5) is 17.1 Å². The lowest BCUT2D eigenvalue weighted by molar-refractivity contribution is 0.102. The number of benzene rings is 2. The van der Waals surface area contributed by atoms with Gasteiger partial charge in [-0.15, -0.1) is 0 Å². The molecule has 1 aliphatic heterocycles. The maximum Gasteiger partial charge on any atom is 0.259 e. The average Bonchev–Trinajstić information content (AvgIpc) is 2.70. The number of aromatic nitrogens is 1. The highest BCUT2D eigenvalue weighted by Crippen LogP contribution is 2.37. The van der Waals surface area contributed by atoms with Crippen molar-refractivity contribution in [3.8, 4) is 5.75 Å². The van der Waals surface area contributed by atoms with Crippen molar-refractivity contribution in [1.82, 2.24) is 4.98 Å². The van der Waals surface area contributed by atoms with Gasteiger partial charge in [0.2, 0.25) is 0 Å². The molecular weight excluding hydrogens is 278 g/mol. The van der Waals surface area contributed by atoms with Crippen LogP contribution in [0.1, 0.15) is 10.4 Å². The summed E-state index contributed by atoms with van der Waals surface area (Å²) in [5.74, 6) is 0.504. The van der Waals surface area contributed by atoms with E-state index in [-0.39, 0.29) is 5.91 Å². The van der Waals surface area contributed by atoms with E-state index in [0.717, 1.165) is 28.0 Å². The highest BCUT2D eigenvalue weighted by molar-refractivity contribution is 6.16. The lowest BCUT2D eigenvalue weighted by atomic mass is 10.1. The van der Waals surface area contributed by atoms with Crippen molar-refractivity contribution >= 4 is 33.9 Å². The van der Waals surface area contributed by atoms with Crippen LogP contribution in [-0.4, -0.2) is 18.0 Å². The van der Waals surface area contributed by atoms with Crippen molar-refractivity contribution in [3.63, 3.8) is 0 Å². The van der Waals surface area contributed by atoms with Crippen molar-refractivity contribution in [3.05, 3.63) is 54.2 Å². The van der Waals surface area contributed by atoms with E-state index in [2.05, 4.69) is 15.6 Å². The monoisotopic (exact) mass is 291 g/mol. The number of amides is 1. The van der Waals surface area contributed by atoms with Gasteiger partial charge in [0, 0.05) is 11.6 Å². The quantitative estimate of drug-likeness (QED) is 0.719. The summed E-state index contributed by atoms with van der Waals surface area (Å²) in [6.45, 7) is 0. The van der Waals surface area contributed by atoms with Gasteiger partial charge in [-0.2, -0.15) is 0 Å². The molecule has 108 valence electrons. The highest BCUT2D eigenvalue weighted by atomic mass is 16.5.